The first-order valence-corrected chi connectivity index (χ1v) is 6.20. The van der Waals surface area contributed by atoms with Gasteiger partial charge in [0.2, 0.25) is 0 Å². The number of nitriles is 1. The van der Waals surface area contributed by atoms with Crippen molar-refractivity contribution < 1.29 is 8.78 Å². The first kappa shape index (κ1) is 13.9. The second kappa shape index (κ2) is 6.11. The maximum Gasteiger partial charge on any atom is 0.183 e. The van der Waals surface area contributed by atoms with Gasteiger partial charge < -0.3 is 4.90 Å². The number of rotatable bonds is 4. The average Bonchev–Trinajstić information content (AvgIpc) is 2.49. The molecular formula is C15H13F2N3. The summed E-state index contributed by atoms with van der Waals surface area (Å²) < 4.78 is 27.7. The fourth-order valence-electron chi connectivity index (χ4n) is 1.92. The van der Waals surface area contributed by atoms with Crippen molar-refractivity contribution in [2.45, 2.75) is 13.5 Å². The topological polar surface area (TPSA) is 39.9 Å². The predicted molar refractivity (Wildman–Crippen MR) is 72.0 cm³/mol. The molecular weight excluding hydrogens is 260 g/mol. The lowest BCUT2D eigenvalue weighted by atomic mass is 10.1. The lowest BCUT2D eigenvalue weighted by Crippen LogP contribution is -2.24. The first-order valence-electron chi connectivity index (χ1n) is 6.20. The molecule has 3 nitrogen and oxygen atoms in total. The van der Waals surface area contributed by atoms with Gasteiger partial charge in [0.15, 0.2) is 11.6 Å². The molecule has 20 heavy (non-hydrogen) atoms. The molecule has 0 aliphatic carbocycles. The normalized spacial score (nSPS) is 10.1. The Hall–Kier alpha value is -2.48. The number of pyridine rings is 1. The largest absolute Gasteiger partial charge is 0.363 e. The van der Waals surface area contributed by atoms with E-state index in [2.05, 4.69) is 4.98 Å². The van der Waals surface area contributed by atoms with Gasteiger partial charge in [-0.05, 0) is 31.2 Å². The molecule has 0 aliphatic heterocycles. The van der Waals surface area contributed by atoms with Crippen molar-refractivity contribution >= 4 is 5.69 Å². The molecule has 0 saturated carbocycles. The Morgan fingerprint density at radius 3 is 2.60 bits per heavy atom. The number of benzene rings is 1. The van der Waals surface area contributed by atoms with Crippen LogP contribution in [0.3, 0.4) is 0 Å². The van der Waals surface area contributed by atoms with Crippen molar-refractivity contribution in [3.63, 3.8) is 0 Å². The van der Waals surface area contributed by atoms with Crippen LogP contribution in [0.25, 0.3) is 0 Å². The van der Waals surface area contributed by atoms with Gasteiger partial charge in [0.25, 0.3) is 0 Å². The fourth-order valence-corrected chi connectivity index (χ4v) is 1.92. The summed E-state index contributed by atoms with van der Waals surface area (Å²) in [7, 11) is 0. The highest BCUT2D eigenvalue weighted by atomic mass is 19.2. The molecule has 0 fully saturated rings. The van der Waals surface area contributed by atoms with Crippen molar-refractivity contribution in [1.82, 2.24) is 4.98 Å². The molecule has 0 N–H and O–H groups in total. The monoisotopic (exact) mass is 273 g/mol. The number of hydrogen-bond donors (Lipinski definition) is 0. The minimum Gasteiger partial charge on any atom is -0.363 e. The summed E-state index contributed by atoms with van der Waals surface area (Å²) in [6.45, 7) is 2.72. The van der Waals surface area contributed by atoms with E-state index in [-0.39, 0.29) is 11.3 Å². The molecule has 0 amide bonds. The highest BCUT2D eigenvalue weighted by molar-refractivity contribution is 5.52. The number of nitrogens with zero attached hydrogens (tertiary/aromatic N) is 3. The summed E-state index contributed by atoms with van der Waals surface area (Å²) in [6, 6.07) is 9.78. The third-order valence-corrected chi connectivity index (χ3v) is 2.98. The van der Waals surface area contributed by atoms with Gasteiger partial charge in [-0.3, -0.25) is 4.98 Å². The van der Waals surface area contributed by atoms with Crippen LogP contribution in [-0.4, -0.2) is 11.5 Å². The van der Waals surface area contributed by atoms with Crippen molar-refractivity contribution in [2.24, 2.45) is 0 Å². The molecule has 0 aliphatic rings. The molecule has 102 valence electrons. The molecule has 0 unspecified atom stereocenters. The molecule has 0 atom stereocenters. The lowest BCUT2D eigenvalue weighted by molar-refractivity contribution is 0.503. The summed E-state index contributed by atoms with van der Waals surface area (Å²) in [5.41, 5.74) is 0.605. The van der Waals surface area contributed by atoms with E-state index in [1.165, 1.54) is 12.1 Å². The van der Waals surface area contributed by atoms with E-state index in [1.807, 2.05) is 19.1 Å². The van der Waals surface area contributed by atoms with Crippen LogP contribution in [0.4, 0.5) is 14.5 Å². The van der Waals surface area contributed by atoms with Crippen molar-refractivity contribution in [2.75, 3.05) is 11.4 Å². The maximum absolute atomic E-state index is 14.0. The zero-order valence-corrected chi connectivity index (χ0v) is 11.0. The minimum absolute atomic E-state index is 0.134. The quantitative estimate of drug-likeness (QED) is 0.858. The van der Waals surface area contributed by atoms with E-state index >= 15 is 0 Å². The first-order chi connectivity index (χ1) is 9.67. The van der Waals surface area contributed by atoms with Gasteiger partial charge in [-0.15, -0.1) is 0 Å². The summed E-state index contributed by atoms with van der Waals surface area (Å²) in [5, 5.41) is 8.68. The summed E-state index contributed by atoms with van der Waals surface area (Å²) in [5.74, 6) is -2.11. The van der Waals surface area contributed by atoms with E-state index in [1.54, 1.807) is 23.2 Å². The molecule has 2 rings (SSSR count). The molecule has 1 heterocycles. The van der Waals surface area contributed by atoms with Gasteiger partial charge in [0.05, 0.1) is 23.5 Å². The average molecular weight is 273 g/mol. The van der Waals surface area contributed by atoms with Crippen LogP contribution < -0.4 is 4.90 Å². The Morgan fingerprint density at radius 2 is 2.00 bits per heavy atom. The molecule has 1 aromatic heterocycles. The number of aromatic nitrogens is 1. The van der Waals surface area contributed by atoms with Gasteiger partial charge in [-0.1, -0.05) is 6.07 Å². The van der Waals surface area contributed by atoms with E-state index in [0.717, 1.165) is 5.69 Å². The van der Waals surface area contributed by atoms with Crippen molar-refractivity contribution in [3.05, 3.63) is 59.4 Å². The Bertz CT molecular complexity index is 636. The van der Waals surface area contributed by atoms with Crippen LogP contribution in [0.1, 0.15) is 18.2 Å². The Balaban J connectivity index is 2.33. The minimum atomic E-state index is -1.11. The second-order valence-electron chi connectivity index (χ2n) is 4.21. The van der Waals surface area contributed by atoms with E-state index in [0.29, 0.717) is 13.1 Å². The fraction of sp³-hybridized carbons (Fsp3) is 0.200. The number of halogens is 2. The zero-order chi connectivity index (χ0) is 14.5. The van der Waals surface area contributed by atoms with E-state index in [9.17, 15) is 8.78 Å². The van der Waals surface area contributed by atoms with E-state index in [4.69, 9.17) is 5.26 Å². The van der Waals surface area contributed by atoms with Gasteiger partial charge in [-0.25, -0.2) is 8.78 Å². The Kier molecular flexibility index (Phi) is 4.26. The molecule has 0 spiro atoms. The van der Waals surface area contributed by atoms with Crippen LogP contribution in [0, 0.1) is 23.0 Å². The third-order valence-electron chi connectivity index (χ3n) is 2.98. The predicted octanol–water partition coefficient (Wildman–Crippen LogP) is 3.26. The Morgan fingerprint density at radius 1 is 1.20 bits per heavy atom. The molecule has 5 heteroatoms. The highest BCUT2D eigenvalue weighted by Gasteiger charge is 2.17. The number of anilines is 1. The maximum atomic E-state index is 14.0. The van der Waals surface area contributed by atoms with Crippen LogP contribution in [-0.2, 0) is 6.54 Å². The smallest absolute Gasteiger partial charge is 0.183 e. The SMILES string of the molecule is CCN(Cc1ccccn1)c1ccc(C#N)c(F)c1F. The van der Waals surface area contributed by atoms with Crippen LogP contribution in [0.2, 0.25) is 0 Å². The molecule has 0 radical (unpaired) electrons. The standard InChI is InChI=1S/C15H13F2N3/c1-2-20(10-12-5-3-4-8-19-12)13-7-6-11(9-18)14(16)15(13)17/h3-8H,2,10H2,1H3. The second-order valence-corrected chi connectivity index (χ2v) is 4.21. The lowest BCUT2D eigenvalue weighted by Gasteiger charge is -2.23. The number of hydrogen-bond acceptors (Lipinski definition) is 3. The van der Waals surface area contributed by atoms with E-state index < -0.39 is 11.6 Å². The van der Waals surface area contributed by atoms with Gasteiger partial charge in [0, 0.05) is 12.7 Å². The van der Waals surface area contributed by atoms with Crippen LogP contribution in [0.5, 0.6) is 0 Å². The van der Waals surface area contributed by atoms with Crippen LogP contribution in [0.15, 0.2) is 36.5 Å². The molecule has 0 saturated heterocycles. The van der Waals surface area contributed by atoms with Crippen molar-refractivity contribution in [1.29, 1.82) is 5.26 Å². The van der Waals surface area contributed by atoms with Gasteiger partial charge in [-0.2, -0.15) is 5.26 Å². The van der Waals surface area contributed by atoms with Gasteiger partial charge in [0.1, 0.15) is 6.07 Å². The Labute approximate surface area is 116 Å². The summed E-state index contributed by atoms with van der Waals surface area (Å²) in [6.07, 6.45) is 1.65. The highest BCUT2D eigenvalue weighted by Crippen LogP contribution is 2.25. The molecule has 2 aromatic rings. The zero-order valence-electron chi connectivity index (χ0n) is 11.0. The molecule has 0 bridgehead atoms. The van der Waals surface area contributed by atoms with Crippen LogP contribution >= 0.6 is 0 Å². The van der Waals surface area contributed by atoms with Crippen molar-refractivity contribution in [3.8, 4) is 6.07 Å². The summed E-state index contributed by atoms with van der Waals surface area (Å²) >= 11 is 0. The molecule has 1 aromatic carbocycles. The summed E-state index contributed by atoms with van der Waals surface area (Å²) in [4.78, 5) is 5.84. The van der Waals surface area contributed by atoms with Gasteiger partial charge >= 0.3 is 0 Å². The third kappa shape index (κ3) is 2.75.